The zero-order valence-electron chi connectivity index (χ0n) is 9.56. The molecule has 0 spiro atoms. The maximum absolute atomic E-state index is 12.2. The molecule has 1 rings (SSSR count). The van der Waals surface area contributed by atoms with Crippen molar-refractivity contribution in [3.8, 4) is 0 Å². The van der Waals surface area contributed by atoms with Gasteiger partial charge in [-0.25, -0.2) is 0 Å². The van der Waals surface area contributed by atoms with Gasteiger partial charge in [0, 0.05) is 26.4 Å². The lowest BCUT2D eigenvalue weighted by Crippen LogP contribution is -2.51. The van der Waals surface area contributed by atoms with Gasteiger partial charge in [0.25, 0.3) is 5.91 Å². The fraction of sp³-hybridized carbons (Fsp3) is 0.636. The number of nitrogens with zero attached hydrogens (tertiary/aromatic N) is 2. The van der Waals surface area contributed by atoms with E-state index in [0.29, 0.717) is 19.6 Å². The summed E-state index contributed by atoms with van der Waals surface area (Å²) in [6.07, 6.45) is 5.22. The molecule has 1 aliphatic rings. The molecule has 0 bridgehead atoms. The van der Waals surface area contributed by atoms with Crippen molar-refractivity contribution in [2.45, 2.75) is 19.4 Å². The Labute approximate surface area is 90.6 Å². The van der Waals surface area contributed by atoms with Gasteiger partial charge in [0.2, 0.25) is 0 Å². The van der Waals surface area contributed by atoms with Crippen molar-refractivity contribution in [1.29, 1.82) is 0 Å². The number of hydrogen-bond donors (Lipinski definition) is 0. The van der Waals surface area contributed by atoms with Gasteiger partial charge in [0.1, 0.15) is 0 Å². The number of allylic oxidation sites excluding steroid dienone is 1. The summed E-state index contributed by atoms with van der Waals surface area (Å²) in [4.78, 5) is 18.0. The van der Waals surface area contributed by atoms with Gasteiger partial charge in [-0.3, -0.25) is 9.79 Å². The van der Waals surface area contributed by atoms with Crippen LogP contribution in [0.3, 0.4) is 0 Å². The Morgan fingerprint density at radius 3 is 2.60 bits per heavy atom. The SMILES string of the molecule is CCN(CC)C(=O)C1(OC)C=CC=NC1. The Bertz CT molecular complexity index is 282. The van der Waals surface area contributed by atoms with Crippen molar-refractivity contribution in [3.63, 3.8) is 0 Å². The van der Waals surface area contributed by atoms with E-state index in [9.17, 15) is 4.79 Å². The summed E-state index contributed by atoms with van der Waals surface area (Å²) in [6.45, 7) is 5.67. The molecule has 0 radical (unpaired) electrons. The van der Waals surface area contributed by atoms with Gasteiger partial charge in [-0.05, 0) is 26.0 Å². The van der Waals surface area contributed by atoms with Gasteiger partial charge in [-0.2, -0.15) is 0 Å². The van der Waals surface area contributed by atoms with Crippen LogP contribution in [-0.4, -0.2) is 49.4 Å². The maximum Gasteiger partial charge on any atom is 0.260 e. The minimum Gasteiger partial charge on any atom is -0.362 e. The Balaban J connectivity index is 2.86. The third-order valence-electron chi connectivity index (χ3n) is 2.66. The summed E-state index contributed by atoms with van der Waals surface area (Å²) in [5.41, 5.74) is -0.888. The Morgan fingerprint density at radius 2 is 2.20 bits per heavy atom. The fourth-order valence-electron chi connectivity index (χ4n) is 1.64. The molecule has 0 N–H and O–H groups in total. The average molecular weight is 210 g/mol. The van der Waals surface area contributed by atoms with E-state index in [0.717, 1.165) is 0 Å². The van der Waals surface area contributed by atoms with Crippen LogP contribution in [-0.2, 0) is 9.53 Å². The van der Waals surface area contributed by atoms with Crippen LogP contribution in [0.15, 0.2) is 17.1 Å². The van der Waals surface area contributed by atoms with Crippen LogP contribution < -0.4 is 0 Å². The van der Waals surface area contributed by atoms with E-state index in [-0.39, 0.29) is 5.91 Å². The summed E-state index contributed by atoms with van der Waals surface area (Å²) in [6, 6.07) is 0. The number of rotatable bonds is 4. The highest BCUT2D eigenvalue weighted by Gasteiger charge is 2.39. The third-order valence-corrected chi connectivity index (χ3v) is 2.66. The first-order chi connectivity index (χ1) is 7.20. The van der Waals surface area contributed by atoms with E-state index in [1.807, 2.05) is 13.8 Å². The first kappa shape index (κ1) is 11.9. The number of carbonyl (C=O) groups is 1. The molecule has 0 aromatic rings. The molecule has 84 valence electrons. The number of aliphatic imine (C=N–C) groups is 1. The normalized spacial score (nSPS) is 24.2. The molecule has 15 heavy (non-hydrogen) atoms. The van der Waals surface area contributed by atoms with Crippen molar-refractivity contribution < 1.29 is 9.53 Å². The van der Waals surface area contributed by atoms with E-state index >= 15 is 0 Å². The number of dihydropyridines is 1. The first-order valence-electron chi connectivity index (χ1n) is 5.22. The van der Waals surface area contributed by atoms with Gasteiger partial charge in [0.05, 0.1) is 6.54 Å². The summed E-state index contributed by atoms with van der Waals surface area (Å²) in [5.74, 6) is -0.0110. The van der Waals surface area contributed by atoms with Crippen LogP contribution >= 0.6 is 0 Å². The maximum atomic E-state index is 12.2. The lowest BCUT2D eigenvalue weighted by atomic mass is 9.99. The molecule has 1 amide bonds. The average Bonchev–Trinajstić information content (AvgIpc) is 2.31. The number of carbonyl (C=O) groups excluding carboxylic acids is 1. The fourth-order valence-corrected chi connectivity index (χ4v) is 1.64. The predicted octanol–water partition coefficient (Wildman–Crippen LogP) is 0.881. The van der Waals surface area contributed by atoms with Gasteiger partial charge >= 0.3 is 0 Å². The van der Waals surface area contributed by atoms with Crippen molar-refractivity contribution in [2.75, 3.05) is 26.7 Å². The molecule has 1 atom stereocenters. The molecule has 0 aliphatic carbocycles. The van der Waals surface area contributed by atoms with Crippen LogP contribution in [0, 0.1) is 0 Å². The summed E-state index contributed by atoms with van der Waals surface area (Å²) >= 11 is 0. The standard InChI is InChI=1S/C11H18N2O2/c1-4-13(5-2)10(14)11(15-3)7-6-8-12-9-11/h6-8H,4-5,9H2,1-3H3. The molecule has 0 saturated carbocycles. The molecule has 0 fully saturated rings. The molecule has 0 aromatic heterocycles. The van der Waals surface area contributed by atoms with E-state index in [4.69, 9.17) is 4.74 Å². The van der Waals surface area contributed by atoms with E-state index in [1.54, 1.807) is 30.4 Å². The number of methoxy groups -OCH3 is 1. The monoisotopic (exact) mass is 210 g/mol. The largest absolute Gasteiger partial charge is 0.362 e. The van der Waals surface area contributed by atoms with Crippen molar-refractivity contribution in [3.05, 3.63) is 12.2 Å². The second-order valence-corrected chi connectivity index (χ2v) is 3.42. The molecule has 0 saturated heterocycles. The van der Waals surface area contributed by atoms with E-state index < -0.39 is 5.60 Å². The van der Waals surface area contributed by atoms with E-state index in [1.165, 1.54) is 0 Å². The van der Waals surface area contributed by atoms with Gasteiger partial charge in [-0.1, -0.05) is 0 Å². The molecular formula is C11H18N2O2. The van der Waals surface area contributed by atoms with E-state index in [2.05, 4.69) is 4.99 Å². The van der Waals surface area contributed by atoms with Gasteiger partial charge in [-0.15, -0.1) is 0 Å². The van der Waals surface area contributed by atoms with Gasteiger partial charge < -0.3 is 9.64 Å². The molecule has 0 aromatic carbocycles. The van der Waals surface area contributed by atoms with Crippen LogP contribution in [0.2, 0.25) is 0 Å². The second kappa shape index (κ2) is 5.07. The van der Waals surface area contributed by atoms with Crippen molar-refractivity contribution in [1.82, 2.24) is 4.90 Å². The van der Waals surface area contributed by atoms with Gasteiger partial charge in [0.15, 0.2) is 5.60 Å². The summed E-state index contributed by atoms with van der Waals surface area (Å²) < 4.78 is 5.33. The Morgan fingerprint density at radius 1 is 1.53 bits per heavy atom. The lowest BCUT2D eigenvalue weighted by molar-refractivity contribution is -0.148. The number of amides is 1. The number of likely N-dealkylation sites (N-methyl/N-ethyl adjacent to an activating group) is 1. The quantitative estimate of drug-likeness (QED) is 0.691. The highest BCUT2D eigenvalue weighted by Crippen LogP contribution is 2.19. The number of hydrogen-bond acceptors (Lipinski definition) is 3. The lowest BCUT2D eigenvalue weighted by Gasteiger charge is -2.32. The minimum absolute atomic E-state index is 0.0110. The van der Waals surface area contributed by atoms with Crippen LogP contribution in [0.5, 0.6) is 0 Å². The van der Waals surface area contributed by atoms with Crippen LogP contribution in [0.1, 0.15) is 13.8 Å². The van der Waals surface area contributed by atoms with Crippen LogP contribution in [0.4, 0.5) is 0 Å². The van der Waals surface area contributed by atoms with Crippen molar-refractivity contribution in [2.24, 2.45) is 4.99 Å². The predicted molar refractivity (Wildman–Crippen MR) is 60.2 cm³/mol. The minimum atomic E-state index is -0.888. The molecule has 1 heterocycles. The first-order valence-corrected chi connectivity index (χ1v) is 5.22. The van der Waals surface area contributed by atoms with Crippen LogP contribution in [0.25, 0.3) is 0 Å². The summed E-state index contributed by atoms with van der Waals surface area (Å²) in [5, 5.41) is 0. The zero-order chi connectivity index (χ0) is 11.3. The second-order valence-electron chi connectivity index (χ2n) is 3.42. The topological polar surface area (TPSA) is 41.9 Å². The van der Waals surface area contributed by atoms with Crippen molar-refractivity contribution >= 4 is 12.1 Å². The molecule has 4 nitrogen and oxygen atoms in total. The molecule has 1 aliphatic heterocycles. The Hall–Kier alpha value is -1.16. The third kappa shape index (κ3) is 2.26. The smallest absolute Gasteiger partial charge is 0.260 e. The number of ether oxygens (including phenoxy) is 1. The molecule has 4 heteroatoms. The molecule has 1 unspecified atom stereocenters. The molecular weight excluding hydrogens is 192 g/mol. The Kier molecular flexibility index (Phi) is 4.03. The zero-order valence-corrected chi connectivity index (χ0v) is 9.56. The highest BCUT2D eigenvalue weighted by atomic mass is 16.5. The summed E-state index contributed by atoms with van der Waals surface area (Å²) in [7, 11) is 1.55. The highest BCUT2D eigenvalue weighted by molar-refractivity contribution is 5.90.